The highest BCUT2D eigenvalue weighted by Gasteiger charge is 2.09. The van der Waals surface area contributed by atoms with Crippen molar-refractivity contribution in [3.63, 3.8) is 0 Å². The smallest absolute Gasteiger partial charge is 0.249 e. The number of aryl methyl sites for hydroxylation is 1. The van der Waals surface area contributed by atoms with Crippen molar-refractivity contribution in [2.45, 2.75) is 20.3 Å². The summed E-state index contributed by atoms with van der Waals surface area (Å²) in [5.41, 5.74) is 4.95. The zero-order valence-corrected chi connectivity index (χ0v) is 14.3. The van der Waals surface area contributed by atoms with Gasteiger partial charge in [-0.2, -0.15) is 5.10 Å². The summed E-state index contributed by atoms with van der Waals surface area (Å²) in [6, 6.07) is 14.6. The Bertz CT molecular complexity index is 738. The van der Waals surface area contributed by atoms with E-state index in [4.69, 9.17) is 4.74 Å². The van der Waals surface area contributed by atoms with Crippen molar-refractivity contribution in [2.75, 3.05) is 11.9 Å². The zero-order chi connectivity index (χ0) is 18.1. The normalized spacial score (nSPS) is 10.5. The number of carbonyl (C=O) groups is 2. The Kier molecular flexibility index (Phi) is 6.71. The molecule has 0 bridgehead atoms. The average molecular weight is 339 g/mol. The Labute approximate surface area is 146 Å². The standard InChI is InChI=1S/C19H21N3O3/c1-3-25-17-10-8-16(9-11-17)21-18(23)12-19(24)22-20-13-15-6-4-14(2)5-7-15/h4-11,13H,3,12H2,1-2H3,(H,21,23)(H,22,24). The van der Waals surface area contributed by atoms with Gasteiger partial charge >= 0.3 is 0 Å². The molecule has 0 spiro atoms. The second-order valence-electron chi connectivity index (χ2n) is 5.39. The van der Waals surface area contributed by atoms with Gasteiger partial charge in [-0.3, -0.25) is 9.59 Å². The number of anilines is 1. The van der Waals surface area contributed by atoms with Gasteiger partial charge in [0, 0.05) is 5.69 Å². The van der Waals surface area contributed by atoms with Gasteiger partial charge in [0.1, 0.15) is 12.2 Å². The molecule has 0 radical (unpaired) electrons. The van der Waals surface area contributed by atoms with E-state index in [2.05, 4.69) is 15.8 Å². The molecule has 2 rings (SSSR count). The summed E-state index contributed by atoms with van der Waals surface area (Å²) in [4.78, 5) is 23.6. The van der Waals surface area contributed by atoms with Crippen LogP contribution < -0.4 is 15.5 Å². The van der Waals surface area contributed by atoms with Crippen LogP contribution in [0.3, 0.4) is 0 Å². The number of benzene rings is 2. The molecule has 0 aliphatic heterocycles. The number of nitrogens with one attached hydrogen (secondary N) is 2. The highest BCUT2D eigenvalue weighted by molar-refractivity contribution is 6.03. The van der Waals surface area contributed by atoms with E-state index in [0.29, 0.717) is 12.3 Å². The van der Waals surface area contributed by atoms with Crippen LogP contribution in [0.4, 0.5) is 5.69 Å². The van der Waals surface area contributed by atoms with Gasteiger partial charge in [-0.15, -0.1) is 0 Å². The maximum atomic E-state index is 11.8. The van der Waals surface area contributed by atoms with E-state index in [1.807, 2.05) is 38.1 Å². The SMILES string of the molecule is CCOc1ccc(NC(=O)CC(=O)NN=Cc2ccc(C)cc2)cc1. The van der Waals surface area contributed by atoms with Gasteiger partial charge in [0.2, 0.25) is 11.8 Å². The summed E-state index contributed by atoms with van der Waals surface area (Å²) in [5, 5.41) is 6.49. The van der Waals surface area contributed by atoms with Gasteiger partial charge in [0.15, 0.2) is 0 Å². The second kappa shape index (κ2) is 9.22. The quantitative estimate of drug-likeness (QED) is 0.462. The van der Waals surface area contributed by atoms with Crippen molar-refractivity contribution >= 4 is 23.7 Å². The molecule has 0 aliphatic rings. The van der Waals surface area contributed by atoms with Crippen molar-refractivity contribution in [3.8, 4) is 5.75 Å². The first-order chi connectivity index (χ1) is 12.1. The van der Waals surface area contributed by atoms with Gasteiger partial charge in [-0.25, -0.2) is 5.43 Å². The molecule has 0 saturated carbocycles. The number of nitrogens with zero attached hydrogens (tertiary/aromatic N) is 1. The second-order valence-corrected chi connectivity index (χ2v) is 5.39. The van der Waals surface area contributed by atoms with Crippen LogP contribution in [0.2, 0.25) is 0 Å². The Balaban J connectivity index is 1.77. The molecule has 0 aliphatic carbocycles. The van der Waals surface area contributed by atoms with Crippen molar-refractivity contribution < 1.29 is 14.3 Å². The monoisotopic (exact) mass is 339 g/mol. The molecule has 2 aromatic rings. The summed E-state index contributed by atoms with van der Waals surface area (Å²) < 4.78 is 5.32. The van der Waals surface area contributed by atoms with Crippen LogP contribution in [0.25, 0.3) is 0 Å². The van der Waals surface area contributed by atoms with Crippen molar-refractivity contribution in [2.24, 2.45) is 5.10 Å². The van der Waals surface area contributed by atoms with Crippen LogP contribution >= 0.6 is 0 Å². The molecule has 2 N–H and O–H groups in total. The van der Waals surface area contributed by atoms with Crippen LogP contribution in [0.15, 0.2) is 53.6 Å². The average Bonchev–Trinajstić information content (AvgIpc) is 2.58. The Hall–Kier alpha value is -3.15. The molecule has 2 aromatic carbocycles. The van der Waals surface area contributed by atoms with E-state index in [1.54, 1.807) is 24.3 Å². The highest BCUT2D eigenvalue weighted by atomic mass is 16.5. The van der Waals surface area contributed by atoms with Crippen molar-refractivity contribution in [3.05, 3.63) is 59.7 Å². The van der Waals surface area contributed by atoms with Crippen LogP contribution in [0, 0.1) is 6.92 Å². The summed E-state index contributed by atoms with van der Waals surface area (Å²) in [6.45, 7) is 4.47. The lowest BCUT2D eigenvalue weighted by Crippen LogP contribution is -2.24. The number of amides is 2. The van der Waals surface area contributed by atoms with E-state index in [1.165, 1.54) is 6.21 Å². The molecule has 0 atom stereocenters. The first-order valence-electron chi connectivity index (χ1n) is 7.98. The van der Waals surface area contributed by atoms with E-state index in [0.717, 1.165) is 16.9 Å². The fourth-order valence-corrected chi connectivity index (χ4v) is 2.02. The number of hydrogen-bond donors (Lipinski definition) is 2. The lowest BCUT2D eigenvalue weighted by atomic mass is 10.2. The number of carbonyl (C=O) groups excluding carboxylic acids is 2. The molecule has 0 aromatic heterocycles. The molecule has 2 amide bonds. The molecule has 6 heteroatoms. The molecule has 130 valence electrons. The van der Waals surface area contributed by atoms with E-state index in [9.17, 15) is 9.59 Å². The van der Waals surface area contributed by atoms with Crippen molar-refractivity contribution in [1.82, 2.24) is 5.43 Å². The number of hydrazone groups is 1. The highest BCUT2D eigenvalue weighted by Crippen LogP contribution is 2.15. The predicted octanol–water partition coefficient (Wildman–Crippen LogP) is 2.87. The third kappa shape index (κ3) is 6.47. The third-order valence-corrected chi connectivity index (χ3v) is 3.25. The molecular weight excluding hydrogens is 318 g/mol. The third-order valence-electron chi connectivity index (χ3n) is 3.25. The number of hydrogen-bond acceptors (Lipinski definition) is 4. The van der Waals surface area contributed by atoms with Crippen LogP contribution in [-0.2, 0) is 9.59 Å². The van der Waals surface area contributed by atoms with Gasteiger partial charge < -0.3 is 10.1 Å². The summed E-state index contributed by atoms with van der Waals surface area (Å²) in [6.07, 6.45) is 1.22. The van der Waals surface area contributed by atoms with Crippen LogP contribution in [0.5, 0.6) is 5.75 Å². The minimum absolute atomic E-state index is 0.307. The summed E-state index contributed by atoms with van der Waals surface area (Å²) >= 11 is 0. The van der Waals surface area contributed by atoms with Gasteiger partial charge in [-0.05, 0) is 43.7 Å². The zero-order valence-electron chi connectivity index (χ0n) is 14.3. The summed E-state index contributed by atoms with van der Waals surface area (Å²) in [5.74, 6) is -0.164. The lowest BCUT2D eigenvalue weighted by Gasteiger charge is -2.06. The lowest BCUT2D eigenvalue weighted by molar-refractivity contribution is -0.126. The molecule has 0 unspecified atom stereocenters. The Morgan fingerprint density at radius 3 is 2.36 bits per heavy atom. The molecular formula is C19H21N3O3. The number of rotatable bonds is 7. The molecule has 6 nitrogen and oxygen atoms in total. The van der Waals surface area contributed by atoms with E-state index >= 15 is 0 Å². The Morgan fingerprint density at radius 2 is 1.72 bits per heavy atom. The first-order valence-corrected chi connectivity index (χ1v) is 7.98. The van der Waals surface area contributed by atoms with Gasteiger partial charge in [0.25, 0.3) is 0 Å². The van der Waals surface area contributed by atoms with Gasteiger partial charge in [0.05, 0.1) is 12.8 Å². The van der Waals surface area contributed by atoms with Crippen molar-refractivity contribution in [1.29, 1.82) is 0 Å². The van der Waals surface area contributed by atoms with Gasteiger partial charge in [-0.1, -0.05) is 29.8 Å². The maximum absolute atomic E-state index is 11.8. The van der Waals surface area contributed by atoms with E-state index in [-0.39, 0.29) is 6.42 Å². The fraction of sp³-hybridized carbons (Fsp3) is 0.211. The van der Waals surface area contributed by atoms with Crippen LogP contribution in [0.1, 0.15) is 24.5 Å². The predicted molar refractivity (Wildman–Crippen MR) is 97.8 cm³/mol. The van der Waals surface area contributed by atoms with Crippen LogP contribution in [-0.4, -0.2) is 24.6 Å². The molecule has 0 heterocycles. The Morgan fingerprint density at radius 1 is 1.04 bits per heavy atom. The minimum Gasteiger partial charge on any atom is -0.494 e. The first kappa shape index (κ1) is 18.2. The fourth-order valence-electron chi connectivity index (χ4n) is 2.02. The van der Waals surface area contributed by atoms with E-state index < -0.39 is 11.8 Å². The summed E-state index contributed by atoms with van der Waals surface area (Å²) in [7, 11) is 0. The topological polar surface area (TPSA) is 79.8 Å². The number of ether oxygens (including phenoxy) is 1. The molecule has 0 saturated heterocycles. The molecule has 25 heavy (non-hydrogen) atoms. The minimum atomic E-state index is -0.480. The molecule has 0 fully saturated rings. The maximum Gasteiger partial charge on any atom is 0.249 e. The largest absolute Gasteiger partial charge is 0.494 e.